The summed E-state index contributed by atoms with van der Waals surface area (Å²) in [5.41, 5.74) is 0.153. The molecule has 0 amide bonds. The van der Waals surface area contributed by atoms with E-state index in [1.54, 1.807) is 0 Å². The van der Waals surface area contributed by atoms with Gasteiger partial charge in [-0.1, -0.05) is 15.9 Å². The van der Waals surface area contributed by atoms with Gasteiger partial charge >= 0.3 is 5.97 Å². The van der Waals surface area contributed by atoms with Crippen LogP contribution in [0.4, 0.5) is 0 Å². The van der Waals surface area contributed by atoms with Crippen molar-refractivity contribution < 1.29 is 22.7 Å². The van der Waals surface area contributed by atoms with Crippen LogP contribution < -0.4 is 5.14 Å². The Bertz CT molecular complexity index is 625. The molecule has 116 valence electrons. The zero-order chi connectivity index (χ0) is 15.5. The van der Waals surface area contributed by atoms with E-state index < -0.39 is 16.0 Å². The van der Waals surface area contributed by atoms with Gasteiger partial charge in [0.15, 0.2) is 0 Å². The van der Waals surface area contributed by atoms with Gasteiger partial charge in [-0.2, -0.15) is 0 Å². The molecule has 0 radical (unpaired) electrons. The van der Waals surface area contributed by atoms with Crippen LogP contribution in [0.15, 0.2) is 27.6 Å². The van der Waals surface area contributed by atoms with Crippen molar-refractivity contribution in [2.75, 3.05) is 19.8 Å². The first-order chi connectivity index (χ1) is 9.86. The van der Waals surface area contributed by atoms with E-state index in [1.807, 2.05) is 0 Å². The van der Waals surface area contributed by atoms with Crippen molar-refractivity contribution in [3.05, 3.63) is 28.2 Å². The predicted molar refractivity (Wildman–Crippen MR) is 79.3 cm³/mol. The third-order valence-corrected chi connectivity index (χ3v) is 4.58. The fourth-order valence-corrected chi connectivity index (χ4v) is 3.26. The first-order valence-corrected chi connectivity index (χ1v) is 8.78. The standard InChI is InChI=1S/C13H16BrNO5S/c14-11-5-10(6-12(7-11)21(15,17)18)13(16)20-8-9-1-3-19-4-2-9/h5-7,9H,1-4,8H2,(H2,15,17,18). The van der Waals surface area contributed by atoms with Crippen molar-refractivity contribution in [2.45, 2.75) is 17.7 Å². The van der Waals surface area contributed by atoms with Crippen LogP contribution >= 0.6 is 15.9 Å². The van der Waals surface area contributed by atoms with Crippen LogP contribution in [0.25, 0.3) is 0 Å². The number of benzene rings is 1. The zero-order valence-electron chi connectivity index (χ0n) is 11.2. The normalized spacial score (nSPS) is 16.7. The number of halogens is 1. The van der Waals surface area contributed by atoms with Crippen molar-refractivity contribution in [1.82, 2.24) is 0 Å². The summed E-state index contributed by atoms with van der Waals surface area (Å²) in [7, 11) is -3.87. The van der Waals surface area contributed by atoms with Gasteiger partial charge in [-0.05, 0) is 37.0 Å². The summed E-state index contributed by atoms with van der Waals surface area (Å²) in [5.74, 6) is -0.278. The smallest absolute Gasteiger partial charge is 0.338 e. The average molecular weight is 378 g/mol. The third-order valence-electron chi connectivity index (χ3n) is 3.23. The molecule has 0 unspecified atom stereocenters. The van der Waals surface area contributed by atoms with Crippen LogP contribution in [0.1, 0.15) is 23.2 Å². The van der Waals surface area contributed by atoms with Crippen molar-refractivity contribution in [1.29, 1.82) is 0 Å². The number of primary sulfonamides is 1. The summed E-state index contributed by atoms with van der Waals surface area (Å²) in [6.07, 6.45) is 1.71. The third kappa shape index (κ3) is 4.77. The van der Waals surface area contributed by atoms with Gasteiger partial charge in [0.05, 0.1) is 17.1 Å². The van der Waals surface area contributed by atoms with Crippen LogP contribution in [0, 0.1) is 5.92 Å². The molecular weight excluding hydrogens is 362 g/mol. The van der Waals surface area contributed by atoms with E-state index in [1.165, 1.54) is 18.2 Å². The highest BCUT2D eigenvalue weighted by Crippen LogP contribution is 2.20. The van der Waals surface area contributed by atoms with E-state index in [9.17, 15) is 13.2 Å². The maximum Gasteiger partial charge on any atom is 0.338 e. The molecule has 1 aliphatic rings. The Balaban J connectivity index is 2.06. The largest absolute Gasteiger partial charge is 0.462 e. The number of sulfonamides is 1. The summed E-state index contributed by atoms with van der Waals surface area (Å²) < 4.78 is 33.6. The van der Waals surface area contributed by atoms with Crippen LogP contribution in [0.5, 0.6) is 0 Å². The zero-order valence-corrected chi connectivity index (χ0v) is 13.7. The van der Waals surface area contributed by atoms with Gasteiger partial charge in [-0.25, -0.2) is 18.4 Å². The summed E-state index contributed by atoms with van der Waals surface area (Å²) in [4.78, 5) is 11.9. The van der Waals surface area contributed by atoms with E-state index >= 15 is 0 Å². The minimum atomic E-state index is -3.87. The summed E-state index contributed by atoms with van der Waals surface area (Å²) in [5, 5.41) is 5.07. The molecule has 0 bridgehead atoms. The lowest BCUT2D eigenvalue weighted by Crippen LogP contribution is -2.22. The average Bonchev–Trinajstić information content (AvgIpc) is 2.44. The van der Waals surface area contributed by atoms with Crippen LogP contribution in [-0.2, 0) is 19.5 Å². The molecule has 6 nitrogen and oxygen atoms in total. The van der Waals surface area contributed by atoms with Crippen molar-refractivity contribution >= 4 is 31.9 Å². The van der Waals surface area contributed by atoms with E-state index in [0.717, 1.165) is 12.8 Å². The molecule has 1 aromatic rings. The maximum atomic E-state index is 12.0. The van der Waals surface area contributed by atoms with E-state index in [4.69, 9.17) is 14.6 Å². The summed E-state index contributed by atoms with van der Waals surface area (Å²) >= 11 is 3.16. The van der Waals surface area contributed by atoms with Crippen molar-refractivity contribution in [2.24, 2.45) is 11.1 Å². The Morgan fingerprint density at radius 1 is 1.33 bits per heavy atom. The van der Waals surface area contributed by atoms with E-state index in [2.05, 4.69) is 15.9 Å². The molecular formula is C13H16BrNO5S. The molecule has 1 aliphatic heterocycles. The van der Waals surface area contributed by atoms with Gasteiger partial charge in [-0.3, -0.25) is 0 Å². The highest BCUT2D eigenvalue weighted by molar-refractivity contribution is 9.10. The number of ether oxygens (including phenoxy) is 2. The van der Waals surface area contributed by atoms with Crippen LogP contribution in [0.2, 0.25) is 0 Å². The quantitative estimate of drug-likeness (QED) is 0.805. The number of carbonyl (C=O) groups excluding carboxylic acids is 1. The Morgan fingerprint density at radius 3 is 2.62 bits per heavy atom. The molecule has 21 heavy (non-hydrogen) atoms. The minimum absolute atomic E-state index is 0.130. The minimum Gasteiger partial charge on any atom is -0.462 e. The van der Waals surface area contributed by atoms with Gasteiger partial charge in [0.25, 0.3) is 0 Å². The molecule has 0 aromatic heterocycles. The van der Waals surface area contributed by atoms with Crippen molar-refractivity contribution in [3.8, 4) is 0 Å². The first kappa shape index (κ1) is 16.4. The molecule has 1 saturated heterocycles. The number of hydrogen-bond donors (Lipinski definition) is 1. The van der Waals surface area contributed by atoms with Gasteiger partial charge < -0.3 is 9.47 Å². The molecule has 0 spiro atoms. The molecule has 0 atom stereocenters. The molecule has 2 N–H and O–H groups in total. The van der Waals surface area contributed by atoms with Gasteiger partial charge in [-0.15, -0.1) is 0 Å². The van der Waals surface area contributed by atoms with Crippen molar-refractivity contribution in [3.63, 3.8) is 0 Å². The Kier molecular flexibility index (Phi) is 5.37. The molecule has 1 fully saturated rings. The van der Waals surface area contributed by atoms with E-state index in [-0.39, 0.29) is 16.4 Å². The lowest BCUT2D eigenvalue weighted by Gasteiger charge is -2.21. The summed E-state index contributed by atoms with van der Waals surface area (Å²) in [6.45, 7) is 1.66. The SMILES string of the molecule is NS(=O)(=O)c1cc(Br)cc(C(=O)OCC2CCOCC2)c1. The summed E-state index contributed by atoms with van der Waals surface area (Å²) in [6, 6.07) is 4.05. The number of carbonyl (C=O) groups is 1. The number of esters is 1. The number of hydrogen-bond acceptors (Lipinski definition) is 5. The molecule has 0 aliphatic carbocycles. The predicted octanol–water partition coefficient (Wildman–Crippen LogP) is 1.68. The number of nitrogens with two attached hydrogens (primary N) is 1. The van der Waals surface area contributed by atoms with E-state index in [0.29, 0.717) is 24.3 Å². The fraction of sp³-hybridized carbons (Fsp3) is 0.462. The van der Waals surface area contributed by atoms with Gasteiger partial charge in [0.2, 0.25) is 10.0 Å². The molecule has 0 saturated carbocycles. The van der Waals surface area contributed by atoms with Gasteiger partial charge in [0, 0.05) is 17.7 Å². The fourth-order valence-electron chi connectivity index (χ4n) is 2.03. The first-order valence-electron chi connectivity index (χ1n) is 6.44. The highest BCUT2D eigenvalue weighted by atomic mass is 79.9. The Labute approximate surface area is 131 Å². The second-order valence-corrected chi connectivity index (χ2v) is 7.35. The second kappa shape index (κ2) is 6.87. The Hall–Kier alpha value is -0.960. The highest BCUT2D eigenvalue weighted by Gasteiger charge is 2.18. The van der Waals surface area contributed by atoms with Crippen LogP contribution in [-0.4, -0.2) is 34.2 Å². The lowest BCUT2D eigenvalue weighted by atomic mass is 10.0. The molecule has 1 aromatic carbocycles. The molecule has 2 rings (SSSR count). The second-order valence-electron chi connectivity index (χ2n) is 4.87. The Morgan fingerprint density at radius 2 is 2.00 bits per heavy atom. The molecule has 1 heterocycles. The number of rotatable bonds is 4. The maximum absolute atomic E-state index is 12.0. The van der Waals surface area contributed by atoms with Crippen LogP contribution in [0.3, 0.4) is 0 Å². The molecule has 8 heteroatoms. The van der Waals surface area contributed by atoms with Gasteiger partial charge in [0.1, 0.15) is 0 Å². The lowest BCUT2D eigenvalue weighted by molar-refractivity contribution is 0.0185. The monoisotopic (exact) mass is 377 g/mol. The topological polar surface area (TPSA) is 95.7 Å².